The average Bonchev–Trinajstić information content (AvgIpc) is 2.74. The van der Waals surface area contributed by atoms with Crippen LogP contribution < -0.4 is 15.4 Å². The van der Waals surface area contributed by atoms with Crippen molar-refractivity contribution in [2.75, 3.05) is 33.9 Å². The van der Waals surface area contributed by atoms with Crippen molar-refractivity contribution in [1.29, 1.82) is 0 Å². The van der Waals surface area contributed by atoms with Gasteiger partial charge in [0.05, 0.1) is 7.11 Å². The second-order valence-electron chi connectivity index (χ2n) is 7.15. The van der Waals surface area contributed by atoms with Crippen molar-refractivity contribution in [3.05, 3.63) is 64.4 Å². The summed E-state index contributed by atoms with van der Waals surface area (Å²) in [5.41, 5.74) is 1.74. The molecule has 8 heteroatoms. The van der Waals surface area contributed by atoms with Gasteiger partial charge in [-0.25, -0.2) is 4.39 Å². The summed E-state index contributed by atoms with van der Waals surface area (Å²) in [6, 6.07) is 12.2. The van der Waals surface area contributed by atoms with Gasteiger partial charge in [-0.1, -0.05) is 23.7 Å². The highest BCUT2D eigenvalue weighted by molar-refractivity contribution is 14.0. The first-order valence-electron chi connectivity index (χ1n) is 9.67. The summed E-state index contributed by atoms with van der Waals surface area (Å²) in [4.78, 5) is 4.31. The zero-order valence-corrected chi connectivity index (χ0v) is 20.3. The van der Waals surface area contributed by atoms with E-state index >= 15 is 0 Å². The van der Waals surface area contributed by atoms with Gasteiger partial charge in [0, 0.05) is 49.4 Å². The first kappa shape index (κ1) is 24.7. The quantitative estimate of drug-likeness (QED) is 0.317. The molecule has 0 unspecified atom stereocenters. The molecule has 0 aliphatic carbocycles. The minimum atomic E-state index is -0.249. The van der Waals surface area contributed by atoms with Crippen molar-refractivity contribution in [1.82, 2.24) is 10.6 Å². The van der Waals surface area contributed by atoms with Gasteiger partial charge >= 0.3 is 0 Å². The minimum Gasteiger partial charge on any atom is -0.496 e. The number of hydrogen-bond acceptors (Lipinski definition) is 3. The van der Waals surface area contributed by atoms with E-state index in [2.05, 4.69) is 15.6 Å². The van der Waals surface area contributed by atoms with E-state index in [1.54, 1.807) is 20.2 Å². The highest BCUT2D eigenvalue weighted by Crippen LogP contribution is 2.40. The number of benzene rings is 2. The molecule has 2 aromatic rings. The van der Waals surface area contributed by atoms with Crippen LogP contribution in [-0.4, -0.2) is 39.9 Å². The fourth-order valence-corrected chi connectivity index (χ4v) is 3.88. The van der Waals surface area contributed by atoms with Crippen LogP contribution in [0.15, 0.2) is 47.5 Å². The maximum atomic E-state index is 13.4. The Labute approximate surface area is 199 Å². The molecule has 2 aromatic carbocycles. The third-order valence-electron chi connectivity index (χ3n) is 5.35. The molecule has 0 amide bonds. The van der Waals surface area contributed by atoms with E-state index in [-0.39, 0.29) is 35.2 Å². The Morgan fingerprint density at radius 3 is 2.63 bits per heavy atom. The van der Waals surface area contributed by atoms with Crippen LogP contribution in [0.3, 0.4) is 0 Å². The first-order chi connectivity index (χ1) is 14.1. The molecule has 164 valence electrons. The molecule has 0 spiro atoms. The number of hydrogen-bond donors (Lipinski definition) is 2. The van der Waals surface area contributed by atoms with E-state index in [0.717, 1.165) is 29.7 Å². The van der Waals surface area contributed by atoms with E-state index in [9.17, 15) is 4.39 Å². The third kappa shape index (κ3) is 6.21. The van der Waals surface area contributed by atoms with E-state index in [1.165, 1.54) is 12.1 Å². The van der Waals surface area contributed by atoms with Crippen molar-refractivity contribution in [3.63, 3.8) is 0 Å². The standard InChI is InChI=1S/C22H27ClFN3O2.HI/c1-25-21(26-14-16-4-3-5-18(24)12-16)27-15-22(8-10-29-11-9-22)19-13-17(23)6-7-20(19)28-2;/h3-7,12-13H,8-11,14-15H2,1-2H3,(H2,25,26,27);1H. The highest BCUT2D eigenvalue weighted by Gasteiger charge is 2.37. The van der Waals surface area contributed by atoms with Crippen molar-refractivity contribution in [2.45, 2.75) is 24.8 Å². The first-order valence-corrected chi connectivity index (χ1v) is 10.0. The average molecular weight is 548 g/mol. The summed E-state index contributed by atoms with van der Waals surface area (Å²) in [7, 11) is 3.39. The predicted octanol–water partition coefficient (Wildman–Crippen LogP) is 4.52. The minimum absolute atomic E-state index is 0. The smallest absolute Gasteiger partial charge is 0.191 e. The number of methoxy groups -OCH3 is 1. The predicted molar refractivity (Wildman–Crippen MR) is 130 cm³/mol. The molecule has 0 radical (unpaired) electrons. The van der Waals surface area contributed by atoms with Crippen LogP contribution in [0, 0.1) is 5.82 Å². The Balaban J connectivity index is 0.00000320. The number of nitrogens with zero attached hydrogens (tertiary/aromatic N) is 1. The monoisotopic (exact) mass is 547 g/mol. The van der Waals surface area contributed by atoms with Gasteiger partial charge in [0.15, 0.2) is 5.96 Å². The van der Waals surface area contributed by atoms with Crippen molar-refractivity contribution >= 4 is 41.5 Å². The van der Waals surface area contributed by atoms with Gasteiger partial charge in [-0.05, 0) is 48.7 Å². The lowest BCUT2D eigenvalue weighted by molar-refractivity contribution is 0.0505. The second-order valence-corrected chi connectivity index (χ2v) is 7.58. The van der Waals surface area contributed by atoms with Crippen LogP contribution in [0.5, 0.6) is 5.75 Å². The summed E-state index contributed by atoms with van der Waals surface area (Å²) in [5, 5.41) is 7.35. The molecule has 1 saturated heterocycles. The number of guanidine groups is 1. The van der Waals surface area contributed by atoms with E-state index in [0.29, 0.717) is 37.3 Å². The van der Waals surface area contributed by atoms with E-state index < -0.39 is 0 Å². The van der Waals surface area contributed by atoms with Gasteiger partial charge in [0.1, 0.15) is 11.6 Å². The summed E-state index contributed by atoms with van der Waals surface area (Å²) >= 11 is 6.30. The topological polar surface area (TPSA) is 54.9 Å². The molecular formula is C22H28ClFIN3O2. The SMILES string of the molecule is CN=C(NCc1cccc(F)c1)NCC1(c2cc(Cl)ccc2OC)CCOCC1.I. The molecule has 2 N–H and O–H groups in total. The summed E-state index contributed by atoms with van der Waals surface area (Å²) in [5.74, 6) is 1.23. The van der Waals surface area contributed by atoms with Crippen LogP contribution in [0.25, 0.3) is 0 Å². The molecule has 1 fully saturated rings. The van der Waals surface area contributed by atoms with E-state index in [1.807, 2.05) is 24.3 Å². The Morgan fingerprint density at radius 2 is 1.97 bits per heavy atom. The molecule has 0 saturated carbocycles. The van der Waals surface area contributed by atoms with Crippen LogP contribution >= 0.6 is 35.6 Å². The Bertz CT molecular complexity index is 860. The number of aliphatic imine (C=N–C) groups is 1. The molecule has 3 rings (SSSR count). The normalized spacial score (nSPS) is 15.8. The molecule has 0 aromatic heterocycles. The lowest BCUT2D eigenvalue weighted by Crippen LogP contribution is -2.48. The fourth-order valence-electron chi connectivity index (χ4n) is 3.70. The maximum absolute atomic E-state index is 13.4. The Kier molecular flexibility index (Phi) is 9.64. The summed E-state index contributed by atoms with van der Waals surface area (Å²) < 4.78 is 24.6. The summed E-state index contributed by atoms with van der Waals surface area (Å²) in [6.07, 6.45) is 1.69. The Morgan fingerprint density at radius 1 is 1.20 bits per heavy atom. The van der Waals surface area contributed by atoms with Crippen LogP contribution in [0.4, 0.5) is 4.39 Å². The zero-order chi connectivity index (χ0) is 20.7. The lowest BCUT2D eigenvalue weighted by atomic mass is 9.73. The molecule has 1 heterocycles. The van der Waals surface area contributed by atoms with Gasteiger partial charge in [0.25, 0.3) is 0 Å². The fraction of sp³-hybridized carbons (Fsp3) is 0.409. The molecule has 1 aliphatic heterocycles. The zero-order valence-electron chi connectivity index (χ0n) is 17.2. The molecule has 1 aliphatic rings. The van der Waals surface area contributed by atoms with Gasteiger partial charge in [-0.2, -0.15) is 0 Å². The van der Waals surface area contributed by atoms with Crippen LogP contribution in [0.2, 0.25) is 5.02 Å². The largest absolute Gasteiger partial charge is 0.496 e. The highest BCUT2D eigenvalue weighted by atomic mass is 127. The second kappa shape index (κ2) is 11.7. The van der Waals surface area contributed by atoms with Crippen molar-refractivity contribution in [2.24, 2.45) is 4.99 Å². The molecule has 0 atom stereocenters. The number of rotatable bonds is 6. The number of ether oxygens (including phenoxy) is 2. The van der Waals surface area contributed by atoms with Crippen LogP contribution in [0.1, 0.15) is 24.0 Å². The van der Waals surface area contributed by atoms with E-state index in [4.69, 9.17) is 21.1 Å². The molecule has 30 heavy (non-hydrogen) atoms. The lowest BCUT2D eigenvalue weighted by Gasteiger charge is -2.39. The van der Waals surface area contributed by atoms with Gasteiger partial charge in [-0.3, -0.25) is 4.99 Å². The molecular weight excluding hydrogens is 520 g/mol. The molecule has 5 nitrogen and oxygen atoms in total. The van der Waals surface area contributed by atoms with Crippen molar-refractivity contribution < 1.29 is 13.9 Å². The summed E-state index contributed by atoms with van der Waals surface area (Å²) in [6.45, 7) is 2.48. The number of halogens is 3. The third-order valence-corrected chi connectivity index (χ3v) is 5.58. The number of nitrogens with one attached hydrogen (secondary N) is 2. The van der Waals surface area contributed by atoms with Gasteiger partial charge < -0.3 is 20.1 Å². The van der Waals surface area contributed by atoms with Gasteiger partial charge in [-0.15, -0.1) is 24.0 Å². The Hall–Kier alpha value is -1.58. The molecule has 0 bridgehead atoms. The van der Waals surface area contributed by atoms with Crippen LogP contribution in [-0.2, 0) is 16.7 Å². The van der Waals surface area contributed by atoms with Gasteiger partial charge in [0.2, 0.25) is 0 Å². The van der Waals surface area contributed by atoms with Crippen molar-refractivity contribution in [3.8, 4) is 5.75 Å². The maximum Gasteiger partial charge on any atom is 0.191 e.